The molecule has 3 aliphatic heterocycles. The summed E-state index contributed by atoms with van der Waals surface area (Å²) in [6.45, 7) is 2.28. The van der Waals surface area contributed by atoms with E-state index >= 15 is 0 Å². The van der Waals surface area contributed by atoms with E-state index < -0.39 is 35.9 Å². The zero-order chi connectivity index (χ0) is 23.7. The second-order valence-electron chi connectivity index (χ2n) is 9.66. The molecule has 5 rings (SSSR count). The molecule has 7 atom stereocenters. The van der Waals surface area contributed by atoms with Gasteiger partial charge in [0.25, 0.3) is 0 Å². The number of fused-ring (bicyclic) bond motifs is 3. The van der Waals surface area contributed by atoms with Crippen LogP contribution in [0.5, 0.6) is 0 Å². The van der Waals surface area contributed by atoms with Crippen LogP contribution in [-0.4, -0.2) is 69.8 Å². The molecule has 1 aromatic rings. The van der Waals surface area contributed by atoms with Crippen molar-refractivity contribution in [3.63, 3.8) is 0 Å². The monoisotopic (exact) mass is 461 g/mol. The number of piperidine rings is 1. The summed E-state index contributed by atoms with van der Waals surface area (Å²) >= 11 is 0. The molecule has 3 saturated heterocycles. The average molecular weight is 461 g/mol. The highest BCUT2D eigenvalue weighted by Crippen LogP contribution is 2.48. The molecule has 4 aliphatic rings. The van der Waals surface area contributed by atoms with E-state index in [4.69, 9.17) is 5.73 Å². The first-order valence-corrected chi connectivity index (χ1v) is 11.3. The van der Waals surface area contributed by atoms with Crippen LogP contribution in [0.25, 0.3) is 0 Å². The number of amides is 2. The van der Waals surface area contributed by atoms with Crippen LogP contribution < -0.4 is 5.73 Å². The Balaban J connectivity index is 1.26. The quantitative estimate of drug-likeness (QED) is 0.723. The summed E-state index contributed by atoms with van der Waals surface area (Å²) in [7, 11) is 0. The van der Waals surface area contributed by atoms with Crippen molar-refractivity contribution in [3.8, 4) is 6.07 Å². The van der Waals surface area contributed by atoms with Crippen molar-refractivity contribution in [1.29, 1.82) is 5.26 Å². The Hall–Kier alpha value is -2.64. The number of halogens is 3. The van der Waals surface area contributed by atoms with Gasteiger partial charge in [-0.1, -0.05) is 18.2 Å². The van der Waals surface area contributed by atoms with Crippen LogP contribution in [0.2, 0.25) is 0 Å². The maximum absolute atomic E-state index is 13.5. The zero-order valence-corrected chi connectivity index (χ0v) is 18.2. The van der Waals surface area contributed by atoms with Crippen LogP contribution in [0.15, 0.2) is 24.3 Å². The molecule has 176 valence electrons. The first kappa shape index (κ1) is 22.2. The maximum atomic E-state index is 13.5. The van der Waals surface area contributed by atoms with Crippen LogP contribution >= 0.6 is 0 Å². The van der Waals surface area contributed by atoms with Crippen LogP contribution in [0.3, 0.4) is 0 Å². The van der Waals surface area contributed by atoms with E-state index in [-0.39, 0.29) is 36.0 Å². The number of rotatable bonds is 5. The number of benzene rings is 1. The summed E-state index contributed by atoms with van der Waals surface area (Å²) < 4.78 is 40.5. The Kier molecular flexibility index (Phi) is 5.18. The zero-order valence-electron chi connectivity index (χ0n) is 18.2. The predicted molar refractivity (Wildman–Crippen MR) is 111 cm³/mol. The molecule has 0 spiro atoms. The maximum Gasteiger partial charge on any atom is 0.416 e. The van der Waals surface area contributed by atoms with Crippen LogP contribution in [0.4, 0.5) is 13.2 Å². The highest BCUT2D eigenvalue weighted by atomic mass is 19.4. The number of nitrogens with two attached hydrogens (primary N) is 1. The number of hydrogen-bond acceptors (Lipinski definition) is 5. The Labute approximate surface area is 189 Å². The Morgan fingerprint density at radius 2 is 2.00 bits per heavy atom. The first-order valence-electron chi connectivity index (χ1n) is 11.3. The lowest BCUT2D eigenvalue weighted by molar-refractivity contribution is -0.143. The molecular weight excluding hydrogens is 435 g/mol. The molecule has 4 fully saturated rings. The van der Waals surface area contributed by atoms with Gasteiger partial charge >= 0.3 is 6.18 Å². The molecule has 1 saturated carbocycles. The number of hydrogen-bond donors (Lipinski definition) is 1. The number of nitrogens with zero attached hydrogens (tertiary/aromatic N) is 4. The largest absolute Gasteiger partial charge is 0.416 e. The van der Waals surface area contributed by atoms with Crippen molar-refractivity contribution in [3.05, 3.63) is 35.4 Å². The van der Waals surface area contributed by atoms with Gasteiger partial charge in [-0.05, 0) is 43.7 Å². The fourth-order valence-corrected chi connectivity index (χ4v) is 6.08. The minimum absolute atomic E-state index is 0.0832. The van der Waals surface area contributed by atoms with Crippen molar-refractivity contribution in [2.24, 2.45) is 11.7 Å². The van der Waals surface area contributed by atoms with Gasteiger partial charge in [0.05, 0.1) is 29.8 Å². The molecule has 2 unspecified atom stereocenters. The van der Waals surface area contributed by atoms with Crippen molar-refractivity contribution >= 4 is 11.8 Å². The van der Waals surface area contributed by atoms with Gasteiger partial charge < -0.3 is 15.5 Å². The van der Waals surface area contributed by atoms with Crippen LogP contribution in [0, 0.1) is 17.2 Å². The second-order valence-corrected chi connectivity index (χ2v) is 9.66. The first-order chi connectivity index (χ1) is 15.6. The summed E-state index contributed by atoms with van der Waals surface area (Å²) in [6, 6.07) is 4.93. The van der Waals surface area contributed by atoms with Crippen LogP contribution in [-0.2, 0) is 15.8 Å². The van der Waals surface area contributed by atoms with E-state index in [0.717, 1.165) is 12.5 Å². The average Bonchev–Trinajstić information content (AvgIpc) is 3.11. The van der Waals surface area contributed by atoms with E-state index in [9.17, 15) is 28.0 Å². The third-order valence-electron chi connectivity index (χ3n) is 7.70. The Morgan fingerprint density at radius 1 is 1.27 bits per heavy atom. The number of alkyl halides is 3. The number of nitriles is 1. The molecule has 3 heterocycles. The highest BCUT2D eigenvalue weighted by Gasteiger charge is 2.56. The normalized spacial score (nSPS) is 32.6. The summed E-state index contributed by atoms with van der Waals surface area (Å²) in [4.78, 5) is 31.1. The lowest BCUT2D eigenvalue weighted by Crippen LogP contribution is -2.57. The van der Waals surface area contributed by atoms with E-state index in [2.05, 4.69) is 6.07 Å². The number of likely N-dealkylation sites (tertiary alicyclic amines) is 3. The minimum Gasteiger partial charge on any atom is -0.330 e. The Morgan fingerprint density at radius 3 is 2.67 bits per heavy atom. The second kappa shape index (κ2) is 7.71. The summed E-state index contributed by atoms with van der Waals surface area (Å²) in [5, 5.41) is 9.34. The summed E-state index contributed by atoms with van der Waals surface area (Å²) in [6.07, 6.45) is -2.38. The van der Waals surface area contributed by atoms with Gasteiger partial charge in [0.2, 0.25) is 11.8 Å². The number of carbonyl (C=O) groups excluding carboxylic acids is 2. The standard InChI is InChI=1S/C23H26F3N5O2/c1-12(16-4-2-3-5-17(16)23(24,25)26)30-15-8-20(22(30)33)29(10-15)11-18(28)21(32)31-14(9-27)6-13-7-19(13)31/h2-5,12-15,18-20H,6-8,10-11,28H2,1H3/t12-,13+,14-,15?,18-,19?,20-/m0/s1. The van der Waals surface area contributed by atoms with Gasteiger partial charge in [0.1, 0.15) is 6.04 Å². The van der Waals surface area contributed by atoms with Gasteiger partial charge in [0, 0.05) is 25.2 Å². The molecule has 1 aromatic carbocycles. The molecule has 10 heteroatoms. The minimum atomic E-state index is -4.50. The van der Waals surface area contributed by atoms with Gasteiger partial charge in [0.15, 0.2) is 0 Å². The predicted octanol–water partition coefficient (Wildman–Crippen LogP) is 1.89. The third kappa shape index (κ3) is 3.58. The Bertz CT molecular complexity index is 1020. The van der Waals surface area contributed by atoms with Gasteiger partial charge in [-0.25, -0.2) is 0 Å². The van der Waals surface area contributed by atoms with Gasteiger partial charge in [-0.3, -0.25) is 14.5 Å². The van der Waals surface area contributed by atoms with Crippen molar-refractivity contribution in [2.75, 3.05) is 13.1 Å². The fraction of sp³-hybridized carbons (Fsp3) is 0.609. The molecule has 2 N–H and O–H groups in total. The van der Waals surface area contributed by atoms with Gasteiger partial charge in [-0.2, -0.15) is 18.4 Å². The lowest BCUT2D eigenvalue weighted by atomic mass is 9.99. The molecular formula is C23H26F3N5O2. The van der Waals surface area contributed by atoms with Crippen LogP contribution in [0.1, 0.15) is 43.4 Å². The molecule has 33 heavy (non-hydrogen) atoms. The fourth-order valence-electron chi connectivity index (χ4n) is 6.08. The molecule has 2 amide bonds. The topological polar surface area (TPSA) is 93.7 Å². The number of carbonyl (C=O) groups is 2. The summed E-state index contributed by atoms with van der Waals surface area (Å²) in [5.41, 5.74) is 5.57. The van der Waals surface area contributed by atoms with E-state index in [1.54, 1.807) is 22.8 Å². The SMILES string of the molecule is C[C@@H](c1ccccc1C(F)(F)F)N1C(=O)[C@@H]2CC1CN2C[C@H](N)C(=O)N1C2C[C@H]2C[C@H]1C#N. The highest BCUT2D eigenvalue weighted by molar-refractivity contribution is 5.87. The van der Waals surface area contributed by atoms with E-state index in [0.29, 0.717) is 25.3 Å². The van der Waals surface area contributed by atoms with Gasteiger partial charge in [-0.15, -0.1) is 0 Å². The molecule has 0 aromatic heterocycles. The van der Waals surface area contributed by atoms with E-state index in [1.807, 2.05) is 4.90 Å². The van der Waals surface area contributed by atoms with E-state index in [1.165, 1.54) is 12.1 Å². The summed E-state index contributed by atoms with van der Waals surface area (Å²) in [5.74, 6) is -0.0930. The molecule has 2 bridgehead atoms. The van der Waals surface area contributed by atoms with Crippen molar-refractivity contribution in [2.45, 2.75) is 68.6 Å². The molecule has 0 radical (unpaired) electrons. The molecule has 1 aliphatic carbocycles. The third-order valence-corrected chi connectivity index (χ3v) is 7.70. The number of piperazine rings is 1. The smallest absolute Gasteiger partial charge is 0.330 e. The van der Waals surface area contributed by atoms with Crippen molar-refractivity contribution in [1.82, 2.24) is 14.7 Å². The van der Waals surface area contributed by atoms with Crippen molar-refractivity contribution < 1.29 is 22.8 Å². The lowest BCUT2D eigenvalue weighted by Gasteiger charge is -2.39. The molecule has 7 nitrogen and oxygen atoms in total.